The predicted octanol–water partition coefficient (Wildman–Crippen LogP) is 1.96. The standard InChI is InChI=1S/C9H20O2/c1-4-5-6-7-11-8-9(2,3)10/h10H,4-8H2,1-3H3. The second-order valence-electron chi connectivity index (χ2n) is 3.57. The highest BCUT2D eigenvalue weighted by Gasteiger charge is 2.11. The fourth-order valence-corrected chi connectivity index (χ4v) is 0.776. The SMILES string of the molecule is CCCCCOCC(C)(C)O. The van der Waals surface area contributed by atoms with E-state index in [-0.39, 0.29) is 0 Å². The molecule has 0 atom stereocenters. The van der Waals surface area contributed by atoms with E-state index in [2.05, 4.69) is 6.92 Å². The van der Waals surface area contributed by atoms with Gasteiger partial charge in [-0.15, -0.1) is 0 Å². The molecule has 0 spiro atoms. The number of hydrogen-bond donors (Lipinski definition) is 1. The minimum Gasteiger partial charge on any atom is -0.388 e. The zero-order chi connectivity index (χ0) is 8.74. The minimum absolute atomic E-state index is 0.441. The maximum atomic E-state index is 9.25. The third-order valence-corrected chi connectivity index (χ3v) is 1.35. The van der Waals surface area contributed by atoms with Crippen LogP contribution in [0.3, 0.4) is 0 Å². The fraction of sp³-hybridized carbons (Fsp3) is 1.00. The quantitative estimate of drug-likeness (QED) is 0.602. The summed E-state index contributed by atoms with van der Waals surface area (Å²) < 4.78 is 5.25. The Balaban J connectivity index is 3.02. The maximum absolute atomic E-state index is 9.25. The van der Waals surface area contributed by atoms with Crippen LogP contribution in [0.2, 0.25) is 0 Å². The lowest BCUT2D eigenvalue weighted by Crippen LogP contribution is -2.26. The van der Waals surface area contributed by atoms with Crippen LogP contribution in [0.4, 0.5) is 0 Å². The van der Waals surface area contributed by atoms with Crippen LogP contribution < -0.4 is 0 Å². The van der Waals surface area contributed by atoms with Gasteiger partial charge in [0.25, 0.3) is 0 Å². The molecule has 0 heterocycles. The van der Waals surface area contributed by atoms with E-state index in [4.69, 9.17) is 4.74 Å². The van der Waals surface area contributed by atoms with E-state index < -0.39 is 5.60 Å². The number of ether oxygens (including phenoxy) is 1. The number of unbranched alkanes of at least 4 members (excludes halogenated alkanes) is 2. The molecule has 0 radical (unpaired) electrons. The van der Waals surface area contributed by atoms with Gasteiger partial charge in [-0.25, -0.2) is 0 Å². The summed E-state index contributed by atoms with van der Waals surface area (Å²) in [5, 5.41) is 9.25. The fourth-order valence-electron chi connectivity index (χ4n) is 0.776. The Morgan fingerprint density at radius 1 is 1.27 bits per heavy atom. The second-order valence-corrected chi connectivity index (χ2v) is 3.57. The van der Waals surface area contributed by atoms with E-state index >= 15 is 0 Å². The largest absolute Gasteiger partial charge is 0.388 e. The lowest BCUT2D eigenvalue weighted by molar-refractivity contribution is -0.0215. The summed E-state index contributed by atoms with van der Waals surface area (Å²) in [6, 6.07) is 0. The summed E-state index contributed by atoms with van der Waals surface area (Å²) >= 11 is 0. The molecule has 11 heavy (non-hydrogen) atoms. The average molecular weight is 160 g/mol. The summed E-state index contributed by atoms with van der Waals surface area (Å²) in [5.74, 6) is 0. The maximum Gasteiger partial charge on any atom is 0.0824 e. The van der Waals surface area contributed by atoms with Crippen molar-refractivity contribution in [1.82, 2.24) is 0 Å². The molecule has 1 N–H and O–H groups in total. The molecule has 0 aromatic heterocycles. The van der Waals surface area contributed by atoms with Gasteiger partial charge < -0.3 is 9.84 Å². The Labute approximate surface area is 69.6 Å². The molecule has 68 valence electrons. The van der Waals surface area contributed by atoms with Gasteiger partial charge in [-0.3, -0.25) is 0 Å². The van der Waals surface area contributed by atoms with E-state index in [1.54, 1.807) is 13.8 Å². The van der Waals surface area contributed by atoms with E-state index in [0.717, 1.165) is 13.0 Å². The van der Waals surface area contributed by atoms with Crippen molar-refractivity contribution < 1.29 is 9.84 Å². The van der Waals surface area contributed by atoms with Gasteiger partial charge in [0.2, 0.25) is 0 Å². The first-order chi connectivity index (χ1) is 5.06. The normalized spacial score (nSPS) is 12.0. The lowest BCUT2D eigenvalue weighted by atomic mass is 10.2. The summed E-state index contributed by atoms with van der Waals surface area (Å²) in [5.41, 5.74) is -0.674. The minimum atomic E-state index is -0.674. The van der Waals surface area contributed by atoms with E-state index in [1.165, 1.54) is 12.8 Å². The molecule has 0 saturated heterocycles. The highest BCUT2D eigenvalue weighted by molar-refractivity contribution is 4.62. The molecule has 2 heteroatoms. The van der Waals surface area contributed by atoms with Crippen LogP contribution in [0, 0.1) is 0 Å². The molecular formula is C9H20O2. The van der Waals surface area contributed by atoms with E-state index in [1.807, 2.05) is 0 Å². The van der Waals surface area contributed by atoms with Gasteiger partial charge in [-0.05, 0) is 20.3 Å². The Bertz CT molecular complexity index is 84.1. The third kappa shape index (κ3) is 9.92. The molecular weight excluding hydrogens is 140 g/mol. The van der Waals surface area contributed by atoms with Gasteiger partial charge >= 0.3 is 0 Å². The van der Waals surface area contributed by atoms with Crippen LogP contribution in [0.25, 0.3) is 0 Å². The van der Waals surface area contributed by atoms with Gasteiger partial charge in [0.05, 0.1) is 12.2 Å². The first-order valence-corrected chi connectivity index (χ1v) is 4.36. The molecule has 0 aliphatic rings. The zero-order valence-corrected chi connectivity index (χ0v) is 7.89. The Hall–Kier alpha value is -0.0800. The van der Waals surface area contributed by atoms with Crippen molar-refractivity contribution in [2.24, 2.45) is 0 Å². The van der Waals surface area contributed by atoms with Gasteiger partial charge in [0, 0.05) is 6.61 Å². The topological polar surface area (TPSA) is 29.5 Å². The van der Waals surface area contributed by atoms with Crippen molar-refractivity contribution in [3.8, 4) is 0 Å². The van der Waals surface area contributed by atoms with Gasteiger partial charge in [-0.2, -0.15) is 0 Å². The second kappa shape index (κ2) is 5.56. The number of aliphatic hydroxyl groups is 1. The summed E-state index contributed by atoms with van der Waals surface area (Å²) in [7, 11) is 0. The highest BCUT2D eigenvalue weighted by Crippen LogP contribution is 2.02. The third-order valence-electron chi connectivity index (χ3n) is 1.35. The molecule has 0 aromatic rings. The van der Waals surface area contributed by atoms with Crippen molar-refractivity contribution >= 4 is 0 Å². The molecule has 0 bridgehead atoms. The van der Waals surface area contributed by atoms with Crippen molar-refractivity contribution in [1.29, 1.82) is 0 Å². The molecule has 2 nitrogen and oxygen atoms in total. The smallest absolute Gasteiger partial charge is 0.0824 e. The molecule has 0 aromatic carbocycles. The monoisotopic (exact) mass is 160 g/mol. The van der Waals surface area contributed by atoms with Crippen LogP contribution in [0.1, 0.15) is 40.0 Å². The Morgan fingerprint density at radius 2 is 1.91 bits per heavy atom. The molecule has 0 fully saturated rings. The predicted molar refractivity (Wildman–Crippen MR) is 46.6 cm³/mol. The summed E-state index contributed by atoms with van der Waals surface area (Å²) in [4.78, 5) is 0. The van der Waals surface area contributed by atoms with Crippen molar-refractivity contribution in [2.75, 3.05) is 13.2 Å². The summed E-state index contributed by atoms with van der Waals surface area (Å²) in [6.45, 7) is 6.89. The van der Waals surface area contributed by atoms with Gasteiger partial charge in [0.1, 0.15) is 0 Å². The molecule has 0 saturated carbocycles. The molecule has 0 amide bonds. The Kier molecular flexibility index (Phi) is 5.51. The number of rotatable bonds is 6. The molecule has 0 aliphatic carbocycles. The van der Waals surface area contributed by atoms with Crippen molar-refractivity contribution in [2.45, 2.75) is 45.6 Å². The zero-order valence-electron chi connectivity index (χ0n) is 7.89. The highest BCUT2D eigenvalue weighted by atomic mass is 16.5. The molecule has 0 rings (SSSR count). The van der Waals surface area contributed by atoms with Crippen LogP contribution in [-0.4, -0.2) is 23.9 Å². The van der Waals surface area contributed by atoms with E-state index in [9.17, 15) is 5.11 Å². The number of hydrogen-bond acceptors (Lipinski definition) is 2. The molecule has 0 unspecified atom stereocenters. The van der Waals surface area contributed by atoms with Crippen LogP contribution >= 0.6 is 0 Å². The van der Waals surface area contributed by atoms with Crippen LogP contribution in [0.15, 0.2) is 0 Å². The van der Waals surface area contributed by atoms with Crippen LogP contribution in [-0.2, 0) is 4.74 Å². The lowest BCUT2D eigenvalue weighted by Gasteiger charge is -2.16. The average Bonchev–Trinajstić information content (AvgIpc) is 1.85. The molecule has 0 aliphatic heterocycles. The summed E-state index contributed by atoms with van der Waals surface area (Å²) in [6.07, 6.45) is 3.53. The first-order valence-electron chi connectivity index (χ1n) is 4.36. The van der Waals surface area contributed by atoms with Crippen molar-refractivity contribution in [3.63, 3.8) is 0 Å². The first kappa shape index (κ1) is 10.9. The van der Waals surface area contributed by atoms with Crippen molar-refractivity contribution in [3.05, 3.63) is 0 Å². The van der Waals surface area contributed by atoms with E-state index in [0.29, 0.717) is 6.61 Å². The van der Waals surface area contributed by atoms with Gasteiger partial charge in [0.15, 0.2) is 0 Å². The Morgan fingerprint density at radius 3 is 2.36 bits per heavy atom. The van der Waals surface area contributed by atoms with Crippen LogP contribution in [0.5, 0.6) is 0 Å². The van der Waals surface area contributed by atoms with Gasteiger partial charge in [-0.1, -0.05) is 19.8 Å².